The molecule has 0 saturated carbocycles. The van der Waals surface area contributed by atoms with Crippen molar-refractivity contribution in [2.75, 3.05) is 26.7 Å². The van der Waals surface area contributed by atoms with Crippen molar-refractivity contribution in [3.05, 3.63) is 46.8 Å². The second-order valence-electron chi connectivity index (χ2n) is 7.37. The smallest absolute Gasteiger partial charge is 0.226 e. The third kappa shape index (κ3) is 3.86. The van der Waals surface area contributed by atoms with Gasteiger partial charge in [-0.05, 0) is 31.9 Å². The maximum atomic E-state index is 13.3. The molecule has 1 aliphatic heterocycles. The molecule has 2 heterocycles. The minimum Gasteiger partial charge on any atom is -0.496 e. The van der Waals surface area contributed by atoms with Crippen molar-refractivity contribution >= 4 is 5.91 Å². The van der Waals surface area contributed by atoms with Crippen LogP contribution in [0.4, 0.5) is 0 Å². The maximum Gasteiger partial charge on any atom is 0.226 e. The first-order valence-electron chi connectivity index (χ1n) is 9.57. The number of rotatable bonds is 5. The van der Waals surface area contributed by atoms with Crippen molar-refractivity contribution in [1.82, 2.24) is 20.0 Å². The molecule has 1 fully saturated rings. The lowest BCUT2D eigenvalue weighted by Crippen LogP contribution is -2.50. The van der Waals surface area contributed by atoms with E-state index >= 15 is 0 Å². The average Bonchev–Trinajstić information content (AvgIpc) is 2.93. The predicted octanol–water partition coefficient (Wildman–Crippen LogP) is 2.40. The quantitative estimate of drug-likeness (QED) is 0.878. The first-order valence-corrected chi connectivity index (χ1v) is 9.57. The Labute approximate surface area is 161 Å². The lowest BCUT2D eigenvalue weighted by molar-refractivity contribution is -0.138. The first-order chi connectivity index (χ1) is 12.9. The van der Waals surface area contributed by atoms with Crippen LogP contribution in [0, 0.1) is 19.8 Å². The third-order valence-corrected chi connectivity index (χ3v) is 5.62. The molecule has 146 valence electrons. The monoisotopic (exact) mass is 370 g/mol. The highest BCUT2D eigenvalue weighted by Gasteiger charge is 2.32. The normalized spacial score (nSPS) is 18.4. The van der Waals surface area contributed by atoms with Gasteiger partial charge in [-0.2, -0.15) is 5.10 Å². The van der Waals surface area contributed by atoms with Crippen LogP contribution < -0.4 is 10.1 Å². The lowest BCUT2D eigenvalue weighted by Gasteiger charge is -2.38. The summed E-state index contributed by atoms with van der Waals surface area (Å²) in [7, 11) is 3.63. The zero-order chi connectivity index (χ0) is 19.6. The Bertz CT molecular complexity index is 815. The van der Waals surface area contributed by atoms with E-state index in [2.05, 4.69) is 23.4 Å². The summed E-state index contributed by atoms with van der Waals surface area (Å²) in [5.74, 6) is 0.924. The van der Waals surface area contributed by atoms with Crippen LogP contribution in [0.5, 0.6) is 5.75 Å². The van der Waals surface area contributed by atoms with Crippen LogP contribution in [0.2, 0.25) is 0 Å². The highest BCUT2D eigenvalue weighted by Crippen LogP contribution is 2.31. The Kier molecular flexibility index (Phi) is 5.85. The Morgan fingerprint density at radius 3 is 2.78 bits per heavy atom. The maximum absolute atomic E-state index is 13.3. The molecule has 2 unspecified atom stereocenters. The van der Waals surface area contributed by atoms with Gasteiger partial charge < -0.3 is 15.0 Å². The van der Waals surface area contributed by atoms with E-state index in [1.54, 1.807) is 7.11 Å². The van der Waals surface area contributed by atoms with Crippen molar-refractivity contribution < 1.29 is 9.53 Å². The van der Waals surface area contributed by atoms with Crippen LogP contribution in [0.15, 0.2) is 24.3 Å². The van der Waals surface area contributed by atoms with E-state index < -0.39 is 0 Å². The lowest BCUT2D eigenvalue weighted by atomic mass is 9.95. The van der Waals surface area contributed by atoms with Gasteiger partial charge in [-0.25, -0.2) is 0 Å². The van der Waals surface area contributed by atoms with Crippen LogP contribution in [-0.4, -0.2) is 47.3 Å². The fourth-order valence-corrected chi connectivity index (χ4v) is 3.98. The summed E-state index contributed by atoms with van der Waals surface area (Å²) in [6.45, 7) is 8.36. The Morgan fingerprint density at radius 1 is 1.37 bits per heavy atom. The number of aryl methyl sites for hydroxylation is 2. The fraction of sp³-hybridized carbons (Fsp3) is 0.524. The zero-order valence-electron chi connectivity index (χ0n) is 17.0. The molecule has 1 aliphatic rings. The number of hydrogen-bond donors (Lipinski definition) is 1. The molecule has 0 radical (unpaired) electrons. The van der Waals surface area contributed by atoms with Crippen LogP contribution in [0.1, 0.15) is 35.5 Å². The number of benzene rings is 1. The SMILES string of the molecule is COc1ccccc1C1CNCCN1C(=O)C(C)Cc1c(C)nn(C)c1C. The van der Waals surface area contributed by atoms with Gasteiger partial charge in [0.2, 0.25) is 5.91 Å². The summed E-state index contributed by atoms with van der Waals surface area (Å²) in [5, 5.41) is 7.90. The molecular weight excluding hydrogens is 340 g/mol. The summed E-state index contributed by atoms with van der Waals surface area (Å²) in [5.41, 5.74) is 4.38. The number of piperazine rings is 1. The van der Waals surface area contributed by atoms with Crippen molar-refractivity contribution in [3.8, 4) is 5.75 Å². The van der Waals surface area contributed by atoms with Gasteiger partial charge in [-0.3, -0.25) is 9.48 Å². The molecule has 1 N–H and O–H groups in total. The number of nitrogens with zero attached hydrogens (tertiary/aromatic N) is 3. The number of aromatic nitrogens is 2. The van der Waals surface area contributed by atoms with Crippen molar-refractivity contribution in [2.24, 2.45) is 13.0 Å². The minimum absolute atomic E-state index is 0.0130. The molecule has 1 aromatic heterocycles. The highest BCUT2D eigenvalue weighted by molar-refractivity contribution is 5.79. The first kappa shape index (κ1) is 19.4. The summed E-state index contributed by atoms with van der Waals surface area (Å²) in [4.78, 5) is 15.4. The van der Waals surface area contributed by atoms with E-state index in [9.17, 15) is 4.79 Å². The molecule has 0 bridgehead atoms. The van der Waals surface area contributed by atoms with E-state index in [1.165, 1.54) is 5.56 Å². The molecular formula is C21H30N4O2. The summed E-state index contributed by atoms with van der Waals surface area (Å²) in [6, 6.07) is 7.96. The number of carbonyl (C=O) groups is 1. The zero-order valence-corrected chi connectivity index (χ0v) is 17.0. The molecule has 2 atom stereocenters. The average molecular weight is 370 g/mol. The largest absolute Gasteiger partial charge is 0.496 e. The summed E-state index contributed by atoms with van der Waals surface area (Å²) < 4.78 is 7.43. The van der Waals surface area contributed by atoms with Gasteiger partial charge >= 0.3 is 0 Å². The number of ether oxygens (including phenoxy) is 1. The molecule has 2 aromatic rings. The van der Waals surface area contributed by atoms with Gasteiger partial charge in [0.1, 0.15) is 5.75 Å². The van der Waals surface area contributed by atoms with Gasteiger partial charge in [0.15, 0.2) is 0 Å². The molecule has 1 amide bonds. The molecule has 6 nitrogen and oxygen atoms in total. The fourth-order valence-electron chi connectivity index (χ4n) is 3.98. The van der Waals surface area contributed by atoms with E-state index in [0.717, 1.165) is 35.8 Å². The number of hydrogen-bond acceptors (Lipinski definition) is 4. The van der Waals surface area contributed by atoms with Gasteiger partial charge in [0, 0.05) is 43.9 Å². The standard InChI is InChI=1S/C21H30N4O2/c1-14(12-18-15(2)23-24(4)16(18)3)21(26)25-11-10-22-13-19(25)17-8-6-7-9-20(17)27-5/h6-9,14,19,22H,10-13H2,1-5H3. The molecule has 3 rings (SSSR count). The molecule has 0 spiro atoms. The molecule has 0 aliphatic carbocycles. The van der Waals surface area contributed by atoms with Gasteiger partial charge in [0.05, 0.1) is 18.8 Å². The third-order valence-electron chi connectivity index (χ3n) is 5.62. The van der Waals surface area contributed by atoms with E-state index in [-0.39, 0.29) is 17.9 Å². The molecule has 6 heteroatoms. The van der Waals surface area contributed by atoms with Gasteiger partial charge in [-0.1, -0.05) is 25.1 Å². The van der Waals surface area contributed by atoms with Crippen LogP contribution in [0.3, 0.4) is 0 Å². The Morgan fingerprint density at radius 2 is 2.11 bits per heavy atom. The number of carbonyl (C=O) groups excluding carboxylic acids is 1. The van der Waals surface area contributed by atoms with E-state index in [1.807, 2.05) is 48.7 Å². The number of methoxy groups -OCH3 is 1. The topological polar surface area (TPSA) is 59.4 Å². The molecule has 27 heavy (non-hydrogen) atoms. The summed E-state index contributed by atoms with van der Waals surface area (Å²) in [6.07, 6.45) is 0.715. The number of amides is 1. The highest BCUT2D eigenvalue weighted by atomic mass is 16.5. The number of para-hydroxylation sites is 1. The second kappa shape index (κ2) is 8.13. The Balaban J connectivity index is 1.82. The van der Waals surface area contributed by atoms with Crippen LogP contribution in [0.25, 0.3) is 0 Å². The van der Waals surface area contributed by atoms with Gasteiger partial charge in [0.25, 0.3) is 0 Å². The molecule has 1 saturated heterocycles. The van der Waals surface area contributed by atoms with E-state index in [0.29, 0.717) is 13.0 Å². The second-order valence-corrected chi connectivity index (χ2v) is 7.37. The minimum atomic E-state index is -0.0955. The summed E-state index contributed by atoms with van der Waals surface area (Å²) >= 11 is 0. The van der Waals surface area contributed by atoms with Crippen molar-refractivity contribution in [2.45, 2.75) is 33.2 Å². The predicted molar refractivity (Wildman–Crippen MR) is 106 cm³/mol. The van der Waals surface area contributed by atoms with Crippen LogP contribution in [-0.2, 0) is 18.3 Å². The number of nitrogens with one attached hydrogen (secondary N) is 1. The van der Waals surface area contributed by atoms with Crippen LogP contribution >= 0.6 is 0 Å². The Hall–Kier alpha value is -2.34. The van der Waals surface area contributed by atoms with Gasteiger partial charge in [-0.15, -0.1) is 0 Å². The van der Waals surface area contributed by atoms with E-state index in [4.69, 9.17) is 4.74 Å². The van der Waals surface area contributed by atoms with Crippen molar-refractivity contribution in [1.29, 1.82) is 0 Å². The van der Waals surface area contributed by atoms with Crippen molar-refractivity contribution in [3.63, 3.8) is 0 Å². The molecule has 1 aromatic carbocycles.